The molecule has 0 saturated carbocycles. The molecule has 3 aliphatic heterocycles. The average Bonchev–Trinajstić information content (AvgIpc) is 3.37. The molecule has 5 rings (SSSR count). The molecule has 2 atom stereocenters. The van der Waals surface area contributed by atoms with E-state index in [0.717, 1.165) is 34.7 Å². The number of urea groups is 1. The second-order valence-electron chi connectivity index (χ2n) is 7.95. The molecule has 0 radical (unpaired) electrons. The molecule has 1 spiro atoms. The fourth-order valence-electron chi connectivity index (χ4n) is 4.56. The van der Waals surface area contributed by atoms with Crippen molar-refractivity contribution < 1.29 is 32.2 Å². The summed E-state index contributed by atoms with van der Waals surface area (Å²) in [5, 5.41) is 2.82. The molecule has 0 bridgehead atoms. The van der Waals surface area contributed by atoms with Gasteiger partial charge >= 0.3 is 12.2 Å². The summed E-state index contributed by atoms with van der Waals surface area (Å²) in [5.74, 6) is 0.308. The van der Waals surface area contributed by atoms with Gasteiger partial charge in [-0.15, -0.1) is 0 Å². The molecule has 3 amide bonds. The molecular formula is C21H18F3N3O4. The number of imide groups is 1. The number of halogens is 3. The Hall–Kier alpha value is -3.27. The molecule has 10 heteroatoms. The van der Waals surface area contributed by atoms with Crippen LogP contribution in [0, 0.1) is 0 Å². The Balaban J connectivity index is 1.50. The number of nitrogens with one attached hydrogen (secondary N) is 1. The number of likely N-dealkylation sites (N-methyl/N-ethyl adjacent to an activating group) is 1. The highest BCUT2D eigenvalue weighted by Gasteiger charge is 2.60. The number of hydrogen-bond acceptors (Lipinski definition) is 5. The van der Waals surface area contributed by atoms with E-state index in [4.69, 9.17) is 9.47 Å². The van der Waals surface area contributed by atoms with E-state index in [-0.39, 0.29) is 24.9 Å². The number of carbonyl (C=O) groups excluding carboxylic acids is 2. The van der Waals surface area contributed by atoms with Crippen LogP contribution in [-0.2, 0) is 11.0 Å². The van der Waals surface area contributed by atoms with Crippen LogP contribution in [-0.4, -0.2) is 49.3 Å². The van der Waals surface area contributed by atoms with Crippen molar-refractivity contribution in [3.05, 3.63) is 53.6 Å². The Kier molecular flexibility index (Phi) is 4.20. The number of amides is 3. The smallest absolute Gasteiger partial charge is 0.416 e. The summed E-state index contributed by atoms with van der Waals surface area (Å²) in [4.78, 5) is 29.2. The number of carbonyl (C=O) groups is 2. The molecule has 3 heterocycles. The second kappa shape index (κ2) is 6.61. The van der Waals surface area contributed by atoms with Crippen molar-refractivity contribution in [2.45, 2.75) is 17.6 Å². The predicted octanol–water partition coefficient (Wildman–Crippen LogP) is 2.96. The Bertz CT molecular complexity index is 1070. The van der Waals surface area contributed by atoms with Crippen LogP contribution in [0.3, 0.4) is 0 Å². The van der Waals surface area contributed by atoms with E-state index < -0.39 is 29.2 Å². The van der Waals surface area contributed by atoms with Gasteiger partial charge in [-0.25, -0.2) is 9.69 Å². The van der Waals surface area contributed by atoms with E-state index in [1.165, 1.54) is 0 Å². The van der Waals surface area contributed by atoms with Crippen molar-refractivity contribution in [2.24, 2.45) is 0 Å². The third kappa shape index (κ3) is 3.01. The van der Waals surface area contributed by atoms with E-state index in [1.54, 1.807) is 12.1 Å². The molecule has 3 aliphatic rings. The molecular weight excluding hydrogens is 415 g/mol. The molecule has 0 aromatic heterocycles. The molecule has 31 heavy (non-hydrogen) atoms. The maximum atomic E-state index is 13.5. The molecule has 7 nitrogen and oxygen atoms in total. The lowest BCUT2D eigenvalue weighted by atomic mass is 9.81. The lowest BCUT2D eigenvalue weighted by molar-refractivity contribution is -0.137. The molecule has 2 aromatic carbocycles. The third-order valence-corrected chi connectivity index (χ3v) is 5.98. The van der Waals surface area contributed by atoms with Crippen LogP contribution in [0.2, 0.25) is 0 Å². The van der Waals surface area contributed by atoms with Crippen molar-refractivity contribution in [3.8, 4) is 11.5 Å². The molecule has 0 aliphatic carbocycles. The van der Waals surface area contributed by atoms with Crippen molar-refractivity contribution in [2.75, 3.05) is 31.8 Å². The molecule has 1 N–H and O–H groups in total. The minimum absolute atomic E-state index is 0.0892. The monoisotopic (exact) mass is 433 g/mol. The second-order valence-corrected chi connectivity index (χ2v) is 7.95. The fraction of sp³-hybridized carbons (Fsp3) is 0.333. The highest BCUT2D eigenvalue weighted by molar-refractivity contribution is 6.24. The van der Waals surface area contributed by atoms with Crippen molar-refractivity contribution in [3.63, 3.8) is 0 Å². The van der Waals surface area contributed by atoms with Gasteiger partial charge in [0.25, 0.3) is 5.91 Å². The highest BCUT2D eigenvalue weighted by atomic mass is 19.4. The van der Waals surface area contributed by atoms with Crippen molar-refractivity contribution >= 4 is 17.6 Å². The quantitative estimate of drug-likeness (QED) is 0.738. The summed E-state index contributed by atoms with van der Waals surface area (Å²) in [7, 11) is 1.84. The van der Waals surface area contributed by atoms with E-state index in [9.17, 15) is 22.8 Å². The number of fused-ring (bicyclic) bond motifs is 1. The third-order valence-electron chi connectivity index (χ3n) is 5.98. The Morgan fingerprint density at radius 3 is 2.48 bits per heavy atom. The number of hydrogen-bond donors (Lipinski definition) is 1. The molecule has 0 unspecified atom stereocenters. The zero-order valence-corrected chi connectivity index (χ0v) is 16.4. The zero-order valence-electron chi connectivity index (χ0n) is 16.4. The van der Waals surface area contributed by atoms with Crippen molar-refractivity contribution in [1.82, 2.24) is 10.2 Å². The van der Waals surface area contributed by atoms with Gasteiger partial charge in [-0.3, -0.25) is 4.79 Å². The largest absolute Gasteiger partial charge is 0.454 e. The highest BCUT2D eigenvalue weighted by Crippen LogP contribution is 2.44. The normalized spacial score (nSPS) is 25.5. The lowest BCUT2D eigenvalue weighted by Crippen LogP contribution is -2.52. The number of alkyl halides is 3. The van der Waals surface area contributed by atoms with Crippen LogP contribution in [0.15, 0.2) is 42.5 Å². The first-order valence-electron chi connectivity index (χ1n) is 9.61. The summed E-state index contributed by atoms with van der Waals surface area (Å²) in [6, 6.07) is 8.71. The van der Waals surface area contributed by atoms with Gasteiger partial charge in [0.1, 0.15) is 5.54 Å². The maximum Gasteiger partial charge on any atom is 0.416 e. The van der Waals surface area contributed by atoms with Crippen LogP contribution in [0.1, 0.15) is 17.0 Å². The van der Waals surface area contributed by atoms with Crippen LogP contribution < -0.4 is 19.7 Å². The van der Waals surface area contributed by atoms with E-state index in [1.807, 2.05) is 18.0 Å². The van der Waals surface area contributed by atoms with Gasteiger partial charge in [-0.05, 0) is 49.0 Å². The van der Waals surface area contributed by atoms with Crippen molar-refractivity contribution in [1.29, 1.82) is 0 Å². The van der Waals surface area contributed by atoms with Crippen LogP contribution >= 0.6 is 0 Å². The number of benzene rings is 2. The van der Waals surface area contributed by atoms with Gasteiger partial charge in [-0.2, -0.15) is 13.2 Å². The van der Waals surface area contributed by atoms with Crippen LogP contribution in [0.5, 0.6) is 11.5 Å². The average molecular weight is 433 g/mol. The van der Waals surface area contributed by atoms with Gasteiger partial charge < -0.3 is 19.7 Å². The standard InChI is InChI=1S/C21H18F3N3O4/c1-26-9-15(12-2-7-16-17(8-12)31-11-30-16)20(10-26)18(28)27(19(29)25-20)14-5-3-13(4-6-14)21(22,23)24/h2-8,15H,9-11H2,1H3,(H,25,29)/t15-,20-/m0/s1. The summed E-state index contributed by atoms with van der Waals surface area (Å²) in [6.07, 6.45) is -4.50. The van der Waals surface area contributed by atoms with Gasteiger partial charge in [0.15, 0.2) is 11.5 Å². The molecule has 2 saturated heterocycles. The summed E-state index contributed by atoms with van der Waals surface area (Å²) < 4.78 is 49.4. The predicted molar refractivity (Wildman–Crippen MR) is 103 cm³/mol. The summed E-state index contributed by atoms with van der Waals surface area (Å²) in [6.45, 7) is 0.895. The van der Waals surface area contributed by atoms with E-state index in [2.05, 4.69) is 5.32 Å². The summed E-state index contributed by atoms with van der Waals surface area (Å²) in [5.41, 5.74) is -1.19. The Morgan fingerprint density at radius 1 is 1.06 bits per heavy atom. The Morgan fingerprint density at radius 2 is 1.77 bits per heavy atom. The Labute approximate surface area is 175 Å². The fourth-order valence-corrected chi connectivity index (χ4v) is 4.56. The number of nitrogens with zero attached hydrogens (tertiary/aromatic N) is 2. The van der Waals surface area contributed by atoms with E-state index in [0.29, 0.717) is 18.0 Å². The van der Waals surface area contributed by atoms with Gasteiger partial charge in [-0.1, -0.05) is 6.07 Å². The van der Waals surface area contributed by atoms with Gasteiger partial charge in [0.2, 0.25) is 6.79 Å². The number of anilines is 1. The lowest BCUT2D eigenvalue weighted by Gasteiger charge is -2.28. The van der Waals surface area contributed by atoms with E-state index >= 15 is 0 Å². The van der Waals surface area contributed by atoms with Gasteiger partial charge in [0, 0.05) is 19.0 Å². The number of rotatable bonds is 2. The molecule has 2 fully saturated rings. The maximum absolute atomic E-state index is 13.5. The van der Waals surface area contributed by atoms with Gasteiger partial charge in [0.05, 0.1) is 11.3 Å². The SMILES string of the molecule is CN1C[C@@H](c2ccc3c(c2)OCO3)[C@]2(C1)NC(=O)N(c1ccc(C(F)(F)F)cc1)C2=O. The first-order valence-corrected chi connectivity index (χ1v) is 9.61. The molecule has 162 valence electrons. The number of likely N-dealkylation sites (tertiary alicyclic amines) is 1. The zero-order chi connectivity index (χ0) is 22.0. The van der Waals surface area contributed by atoms with Crippen LogP contribution in [0.4, 0.5) is 23.7 Å². The first-order chi connectivity index (χ1) is 14.7. The molecule has 2 aromatic rings. The first kappa shape index (κ1) is 19.7. The summed E-state index contributed by atoms with van der Waals surface area (Å²) >= 11 is 0. The number of ether oxygens (including phenoxy) is 2. The minimum Gasteiger partial charge on any atom is -0.454 e. The topological polar surface area (TPSA) is 71.1 Å². The minimum atomic E-state index is -4.50. The van der Waals surface area contributed by atoms with Crippen LogP contribution in [0.25, 0.3) is 0 Å².